The average molecular weight is 464 g/mol. The van der Waals surface area contributed by atoms with Crippen LogP contribution in [-0.2, 0) is 4.74 Å². The van der Waals surface area contributed by atoms with Crippen LogP contribution >= 0.6 is 0 Å². The minimum Gasteiger partial charge on any atom is -0.451 e. The van der Waals surface area contributed by atoms with Crippen molar-refractivity contribution in [3.05, 3.63) is 69.4 Å². The molecule has 1 aromatic heterocycles. The number of nitro benzene ring substituents is 1. The molecule has 1 fully saturated rings. The number of hydrogen-bond donors (Lipinski definition) is 1. The van der Waals surface area contributed by atoms with Crippen LogP contribution in [0.5, 0.6) is 0 Å². The molecule has 4 rings (SSSR count). The van der Waals surface area contributed by atoms with Gasteiger partial charge in [-0.1, -0.05) is 32.0 Å². The summed E-state index contributed by atoms with van der Waals surface area (Å²) in [5.74, 6) is -0.250. The van der Waals surface area contributed by atoms with E-state index in [9.17, 15) is 19.7 Å². The lowest BCUT2D eigenvalue weighted by atomic mass is 9.91. The van der Waals surface area contributed by atoms with Gasteiger partial charge in [0.1, 0.15) is 5.69 Å². The normalized spacial score (nSPS) is 19.1. The van der Waals surface area contributed by atoms with Gasteiger partial charge in [0.05, 0.1) is 10.5 Å². The fourth-order valence-corrected chi connectivity index (χ4v) is 5.00. The first kappa shape index (κ1) is 23.5. The monoisotopic (exact) mass is 463 g/mol. The molecule has 2 aromatic carbocycles. The smallest absolute Gasteiger partial charge is 0.339 e. The number of nitrogens with zero attached hydrogens (tertiary/aromatic N) is 2. The van der Waals surface area contributed by atoms with Crippen molar-refractivity contribution >= 4 is 34.0 Å². The van der Waals surface area contributed by atoms with Crippen molar-refractivity contribution in [2.75, 3.05) is 18.0 Å². The molecule has 34 heavy (non-hydrogen) atoms. The molecule has 2 heterocycles. The summed E-state index contributed by atoms with van der Waals surface area (Å²) in [4.78, 5) is 42.4. The molecule has 3 atom stereocenters. The number of esters is 1. The Labute approximate surface area is 198 Å². The van der Waals surface area contributed by atoms with Gasteiger partial charge < -0.3 is 14.6 Å². The summed E-state index contributed by atoms with van der Waals surface area (Å²) in [7, 11) is 0. The van der Waals surface area contributed by atoms with Gasteiger partial charge in [-0.3, -0.25) is 14.9 Å². The van der Waals surface area contributed by atoms with E-state index in [4.69, 9.17) is 4.74 Å². The second-order valence-electron chi connectivity index (χ2n) is 9.39. The van der Waals surface area contributed by atoms with Gasteiger partial charge in [0.15, 0.2) is 6.10 Å². The number of hydrogen-bond acceptors (Lipinski definition) is 6. The Morgan fingerprint density at radius 3 is 2.50 bits per heavy atom. The maximum Gasteiger partial charge on any atom is 0.339 e. The lowest BCUT2D eigenvalue weighted by Gasteiger charge is -2.36. The van der Waals surface area contributed by atoms with Gasteiger partial charge in [0.2, 0.25) is 5.78 Å². The Morgan fingerprint density at radius 2 is 1.82 bits per heavy atom. The van der Waals surface area contributed by atoms with Crippen molar-refractivity contribution in [3.8, 4) is 0 Å². The highest BCUT2D eigenvalue weighted by molar-refractivity contribution is 6.11. The number of nitrogens with one attached hydrogen (secondary N) is 1. The van der Waals surface area contributed by atoms with E-state index < -0.39 is 17.0 Å². The van der Waals surface area contributed by atoms with Gasteiger partial charge >= 0.3 is 5.97 Å². The number of piperidine rings is 1. The van der Waals surface area contributed by atoms with Crippen molar-refractivity contribution in [2.45, 2.75) is 40.2 Å². The van der Waals surface area contributed by atoms with E-state index in [0.29, 0.717) is 28.8 Å². The number of ether oxygens (including phenoxy) is 1. The zero-order valence-corrected chi connectivity index (χ0v) is 19.8. The summed E-state index contributed by atoms with van der Waals surface area (Å²) in [5, 5.41) is 12.6. The summed E-state index contributed by atoms with van der Waals surface area (Å²) < 4.78 is 5.44. The number of nitro groups is 1. The van der Waals surface area contributed by atoms with E-state index in [1.165, 1.54) is 19.1 Å². The largest absolute Gasteiger partial charge is 0.451 e. The van der Waals surface area contributed by atoms with E-state index in [1.807, 2.05) is 29.2 Å². The van der Waals surface area contributed by atoms with E-state index >= 15 is 0 Å². The van der Waals surface area contributed by atoms with Crippen molar-refractivity contribution in [1.82, 2.24) is 4.98 Å². The topological polar surface area (TPSA) is 106 Å². The molecule has 1 saturated heterocycles. The molecule has 0 spiro atoms. The summed E-state index contributed by atoms with van der Waals surface area (Å²) in [6, 6.07) is 11.8. The maximum atomic E-state index is 13.1. The number of carbonyl (C=O) groups excluding carboxylic acids is 2. The molecule has 1 aliphatic rings. The van der Waals surface area contributed by atoms with Gasteiger partial charge in [0.25, 0.3) is 5.69 Å². The van der Waals surface area contributed by atoms with Crippen LogP contribution in [0.3, 0.4) is 0 Å². The molecule has 0 unspecified atom stereocenters. The Hall–Kier alpha value is -3.68. The van der Waals surface area contributed by atoms with Crippen LogP contribution in [-0.4, -0.2) is 40.9 Å². The minimum atomic E-state index is -1.05. The van der Waals surface area contributed by atoms with Crippen LogP contribution in [0.15, 0.2) is 42.5 Å². The van der Waals surface area contributed by atoms with Gasteiger partial charge in [0, 0.05) is 41.3 Å². The van der Waals surface area contributed by atoms with Crippen LogP contribution in [0.4, 0.5) is 11.4 Å². The van der Waals surface area contributed by atoms with Crippen molar-refractivity contribution in [1.29, 1.82) is 0 Å². The fourth-order valence-electron chi connectivity index (χ4n) is 5.00. The third kappa shape index (κ3) is 4.53. The number of aromatic amines is 1. The molecule has 0 saturated carbocycles. The van der Waals surface area contributed by atoms with Gasteiger partial charge in [-0.25, -0.2) is 4.79 Å². The summed E-state index contributed by atoms with van der Waals surface area (Å²) in [5.41, 5.74) is 2.41. The molecule has 0 amide bonds. The highest BCUT2D eigenvalue weighted by Crippen LogP contribution is 2.34. The molecule has 0 bridgehead atoms. The number of carbonyl (C=O) groups is 2. The molecule has 0 aliphatic carbocycles. The Morgan fingerprint density at radius 1 is 1.15 bits per heavy atom. The van der Waals surface area contributed by atoms with Crippen LogP contribution in [0.1, 0.15) is 53.6 Å². The number of ketones is 1. The molecule has 0 radical (unpaired) electrons. The van der Waals surface area contributed by atoms with Crippen molar-refractivity contribution < 1.29 is 19.2 Å². The van der Waals surface area contributed by atoms with E-state index in [2.05, 4.69) is 18.8 Å². The molecular weight excluding hydrogens is 434 g/mol. The molecule has 1 aliphatic heterocycles. The number of anilines is 1. The van der Waals surface area contributed by atoms with Crippen LogP contribution in [0, 0.1) is 28.9 Å². The van der Waals surface area contributed by atoms with E-state index in [-0.39, 0.29) is 17.0 Å². The first-order valence-corrected chi connectivity index (χ1v) is 11.5. The maximum absolute atomic E-state index is 13.1. The number of Topliss-reactive ketones (excluding diaryl/α,β-unsaturated/α-hetero) is 1. The second-order valence-corrected chi connectivity index (χ2v) is 9.39. The molecular formula is C26H29N3O5. The summed E-state index contributed by atoms with van der Waals surface area (Å²) >= 11 is 0. The lowest BCUT2D eigenvalue weighted by Crippen LogP contribution is -2.39. The summed E-state index contributed by atoms with van der Waals surface area (Å²) in [6.07, 6.45) is 0.0317. The Balaban J connectivity index is 1.55. The number of rotatable bonds is 6. The Bertz CT molecular complexity index is 1250. The van der Waals surface area contributed by atoms with Crippen LogP contribution in [0.25, 0.3) is 10.9 Å². The fraction of sp³-hybridized carbons (Fsp3) is 0.385. The first-order valence-electron chi connectivity index (χ1n) is 11.5. The Kier molecular flexibility index (Phi) is 6.41. The third-order valence-electron chi connectivity index (χ3n) is 6.41. The zero-order chi connectivity index (χ0) is 24.6. The predicted octanol–water partition coefficient (Wildman–Crippen LogP) is 5.30. The lowest BCUT2D eigenvalue weighted by molar-refractivity contribution is -0.384. The number of aromatic nitrogens is 1. The zero-order valence-electron chi connectivity index (χ0n) is 19.8. The van der Waals surface area contributed by atoms with E-state index in [0.717, 1.165) is 30.4 Å². The number of para-hydroxylation sites is 1. The SMILES string of the molecule is Cc1[nH]c2ccccc2c1C(=O)[C@H](C)OC(=O)c1ccc(N2C[C@H](C)C[C@H](C)C2)c([N+](=O)[O-])c1. The number of fused-ring (bicyclic) bond motifs is 1. The number of aryl methyl sites for hydroxylation is 1. The predicted molar refractivity (Wildman–Crippen MR) is 130 cm³/mol. The van der Waals surface area contributed by atoms with Crippen molar-refractivity contribution in [2.24, 2.45) is 11.8 Å². The minimum absolute atomic E-state index is 0.0452. The molecule has 3 aromatic rings. The standard InChI is InChI=1S/C26H29N3O5/c1-15-11-16(2)14-28(13-15)22-10-9-19(12-23(22)29(32)33)26(31)34-18(4)25(30)24-17(3)27-21-8-6-5-7-20(21)24/h5-10,12,15-16,18,27H,11,13-14H2,1-4H3/t15-,16+,18-/m0/s1. The quantitative estimate of drug-likeness (QED) is 0.230. The molecule has 1 N–H and O–H groups in total. The van der Waals surface area contributed by atoms with Crippen LogP contribution in [0.2, 0.25) is 0 Å². The number of H-pyrrole nitrogens is 1. The molecule has 178 valence electrons. The van der Waals surface area contributed by atoms with Gasteiger partial charge in [-0.15, -0.1) is 0 Å². The van der Waals surface area contributed by atoms with Gasteiger partial charge in [-0.05, 0) is 50.3 Å². The highest BCUT2D eigenvalue weighted by Gasteiger charge is 2.29. The van der Waals surface area contributed by atoms with Crippen molar-refractivity contribution in [3.63, 3.8) is 0 Å². The highest BCUT2D eigenvalue weighted by atomic mass is 16.6. The average Bonchev–Trinajstić information content (AvgIpc) is 3.12. The second kappa shape index (κ2) is 9.29. The van der Waals surface area contributed by atoms with Gasteiger partial charge in [-0.2, -0.15) is 0 Å². The van der Waals surface area contributed by atoms with E-state index in [1.54, 1.807) is 13.0 Å². The van der Waals surface area contributed by atoms with Crippen LogP contribution < -0.4 is 4.90 Å². The number of benzene rings is 2. The molecule has 8 heteroatoms. The molecule has 8 nitrogen and oxygen atoms in total. The first-order chi connectivity index (χ1) is 16.2. The summed E-state index contributed by atoms with van der Waals surface area (Å²) in [6.45, 7) is 9.03. The third-order valence-corrected chi connectivity index (χ3v) is 6.41.